The molecule has 0 radical (unpaired) electrons. The highest BCUT2D eigenvalue weighted by Crippen LogP contribution is 2.38. The normalized spacial score (nSPS) is 12.4. The van der Waals surface area contributed by atoms with Crippen molar-refractivity contribution in [1.29, 1.82) is 0 Å². The van der Waals surface area contributed by atoms with Gasteiger partial charge in [0.2, 0.25) is 0 Å². The number of nitrogens with zero attached hydrogens (tertiary/aromatic N) is 3. The van der Waals surface area contributed by atoms with Gasteiger partial charge in [0, 0.05) is 34.6 Å². The number of fused-ring (bicyclic) bond motifs is 2. The van der Waals surface area contributed by atoms with Crippen molar-refractivity contribution in [3.63, 3.8) is 0 Å². The lowest BCUT2D eigenvalue weighted by Gasteiger charge is -2.23. The number of rotatable bonds is 9. The number of amides is 2. The van der Waals surface area contributed by atoms with Crippen LogP contribution in [0.15, 0.2) is 78.9 Å². The molecule has 1 aliphatic heterocycles. The molecule has 1 aliphatic rings. The Morgan fingerprint density at radius 1 is 0.854 bits per heavy atom. The SMILES string of the molecule is COc1ccccc1-c1ccc(C(=O)N2Cc3ccc(C(=O)NCCCN(C)C)n3Cc3ccccc32)cc1OC. The highest BCUT2D eigenvalue weighted by molar-refractivity contribution is 6.07. The maximum absolute atomic E-state index is 14.1. The van der Waals surface area contributed by atoms with Crippen LogP contribution in [0.3, 0.4) is 0 Å². The molecule has 1 N–H and O–H groups in total. The Kier molecular flexibility index (Phi) is 8.40. The van der Waals surface area contributed by atoms with Gasteiger partial charge in [0.15, 0.2) is 0 Å². The van der Waals surface area contributed by atoms with Crippen LogP contribution in [0.25, 0.3) is 11.1 Å². The van der Waals surface area contributed by atoms with E-state index in [1.54, 1.807) is 25.2 Å². The molecular formula is C33H36N4O4. The van der Waals surface area contributed by atoms with Gasteiger partial charge in [-0.3, -0.25) is 9.59 Å². The predicted octanol–water partition coefficient (Wildman–Crippen LogP) is 5.06. The lowest BCUT2D eigenvalue weighted by Crippen LogP contribution is -2.31. The highest BCUT2D eigenvalue weighted by atomic mass is 16.5. The summed E-state index contributed by atoms with van der Waals surface area (Å²) in [5, 5.41) is 3.04. The molecule has 0 fully saturated rings. The number of aromatic nitrogens is 1. The zero-order chi connectivity index (χ0) is 28.9. The van der Waals surface area contributed by atoms with Gasteiger partial charge in [0.25, 0.3) is 11.8 Å². The van der Waals surface area contributed by atoms with E-state index in [9.17, 15) is 9.59 Å². The van der Waals surface area contributed by atoms with Gasteiger partial charge in [-0.05, 0) is 75.1 Å². The van der Waals surface area contributed by atoms with Crippen molar-refractivity contribution in [2.45, 2.75) is 19.5 Å². The van der Waals surface area contributed by atoms with Gasteiger partial charge in [-0.1, -0.05) is 36.4 Å². The molecule has 41 heavy (non-hydrogen) atoms. The lowest BCUT2D eigenvalue weighted by atomic mass is 10.0. The molecular weight excluding hydrogens is 516 g/mol. The molecule has 0 unspecified atom stereocenters. The summed E-state index contributed by atoms with van der Waals surface area (Å²) in [5.41, 5.74) is 5.52. The van der Waals surface area contributed by atoms with Crippen molar-refractivity contribution in [2.75, 3.05) is 46.3 Å². The van der Waals surface area contributed by atoms with E-state index >= 15 is 0 Å². The molecule has 2 heterocycles. The molecule has 0 saturated heterocycles. The van der Waals surface area contributed by atoms with E-state index in [2.05, 4.69) is 10.2 Å². The number of carbonyl (C=O) groups is 2. The van der Waals surface area contributed by atoms with E-state index in [1.807, 2.05) is 91.5 Å². The summed E-state index contributed by atoms with van der Waals surface area (Å²) in [4.78, 5) is 31.1. The van der Waals surface area contributed by atoms with Crippen molar-refractivity contribution >= 4 is 17.5 Å². The largest absolute Gasteiger partial charge is 0.496 e. The zero-order valence-electron chi connectivity index (χ0n) is 24.0. The van der Waals surface area contributed by atoms with Crippen molar-refractivity contribution in [1.82, 2.24) is 14.8 Å². The smallest absolute Gasteiger partial charge is 0.267 e. The van der Waals surface area contributed by atoms with E-state index in [4.69, 9.17) is 9.47 Å². The minimum absolute atomic E-state index is 0.107. The Morgan fingerprint density at radius 2 is 1.59 bits per heavy atom. The first-order chi connectivity index (χ1) is 19.9. The van der Waals surface area contributed by atoms with Crippen LogP contribution in [0.4, 0.5) is 5.69 Å². The average Bonchev–Trinajstić information content (AvgIpc) is 3.31. The van der Waals surface area contributed by atoms with Gasteiger partial charge >= 0.3 is 0 Å². The highest BCUT2D eigenvalue weighted by Gasteiger charge is 2.28. The summed E-state index contributed by atoms with van der Waals surface area (Å²) in [5.74, 6) is 1.06. The van der Waals surface area contributed by atoms with Crippen molar-refractivity contribution in [3.05, 3.63) is 101 Å². The fourth-order valence-electron chi connectivity index (χ4n) is 5.30. The van der Waals surface area contributed by atoms with E-state index in [0.29, 0.717) is 36.6 Å². The summed E-state index contributed by atoms with van der Waals surface area (Å²) in [6.07, 6.45) is 0.872. The second kappa shape index (κ2) is 12.3. The number of hydrogen-bond acceptors (Lipinski definition) is 5. The third-order valence-corrected chi connectivity index (χ3v) is 7.39. The molecule has 8 nitrogen and oxygen atoms in total. The average molecular weight is 553 g/mol. The number of nitrogens with one attached hydrogen (secondary N) is 1. The summed E-state index contributed by atoms with van der Waals surface area (Å²) >= 11 is 0. The number of hydrogen-bond donors (Lipinski definition) is 1. The van der Waals surface area contributed by atoms with Crippen LogP contribution in [0.1, 0.15) is 38.5 Å². The first kappa shape index (κ1) is 28.0. The monoisotopic (exact) mass is 552 g/mol. The van der Waals surface area contributed by atoms with E-state index in [0.717, 1.165) is 46.8 Å². The van der Waals surface area contributed by atoms with Crippen LogP contribution in [-0.2, 0) is 13.1 Å². The molecule has 212 valence electrons. The van der Waals surface area contributed by atoms with Crippen LogP contribution in [-0.4, -0.2) is 62.7 Å². The Morgan fingerprint density at radius 3 is 2.37 bits per heavy atom. The van der Waals surface area contributed by atoms with E-state index < -0.39 is 0 Å². The third-order valence-electron chi connectivity index (χ3n) is 7.39. The molecule has 0 saturated carbocycles. The third kappa shape index (κ3) is 5.83. The van der Waals surface area contributed by atoms with Gasteiger partial charge < -0.3 is 29.2 Å². The van der Waals surface area contributed by atoms with Crippen molar-refractivity contribution in [2.24, 2.45) is 0 Å². The van der Waals surface area contributed by atoms with Crippen LogP contribution in [0.2, 0.25) is 0 Å². The maximum Gasteiger partial charge on any atom is 0.267 e. The predicted molar refractivity (Wildman–Crippen MR) is 161 cm³/mol. The molecule has 0 atom stereocenters. The maximum atomic E-state index is 14.1. The number of carbonyl (C=O) groups excluding carboxylic acids is 2. The molecule has 5 rings (SSSR count). The first-order valence-corrected chi connectivity index (χ1v) is 13.7. The van der Waals surface area contributed by atoms with Gasteiger partial charge in [0.1, 0.15) is 17.2 Å². The number of methoxy groups -OCH3 is 2. The second-order valence-electron chi connectivity index (χ2n) is 10.3. The standard InChI is InChI=1S/C33H36N4O4/c1-35(2)19-9-18-34-32(38)29-17-15-25-22-37(28-12-7-5-10-24(28)21-36(25)29)33(39)23-14-16-27(31(20-23)41-4)26-11-6-8-13-30(26)40-3/h5-8,10-17,20H,9,18-19,21-22H2,1-4H3,(H,34,38). The summed E-state index contributed by atoms with van der Waals surface area (Å²) in [6, 6.07) is 24.9. The fourth-order valence-corrected chi connectivity index (χ4v) is 5.30. The minimum atomic E-state index is -0.147. The zero-order valence-corrected chi connectivity index (χ0v) is 24.0. The number of ether oxygens (including phenoxy) is 2. The van der Waals surface area contributed by atoms with Gasteiger partial charge in [-0.2, -0.15) is 0 Å². The minimum Gasteiger partial charge on any atom is -0.496 e. The Balaban J connectivity index is 1.45. The fraction of sp³-hybridized carbons (Fsp3) is 0.273. The molecule has 2 amide bonds. The summed E-state index contributed by atoms with van der Waals surface area (Å²) in [6.45, 7) is 2.34. The molecule has 1 aromatic heterocycles. The molecule has 4 aromatic rings. The Hall–Kier alpha value is -4.56. The molecule has 8 heteroatoms. The van der Waals surface area contributed by atoms with Crippen LogP contribution >= 0.6 is 0 Å². The Labute approximate surface area is 241 Å². The Bertz CT molecular complexity index is 1560. The first-order valence-electron chi connectivity index (χ1n) is 13.7. The molecule has 3 aromatic carbocycles. The van der Waals surface area contributed by atoms with Gasteiger partial charge in [0.05, 0.1) is 27.3 Å². The summed E-state index contributed by atoms with van der Waals surface area (Å²) < 4.78 is 13.3. The van der Waals surface area contributed by atoms with Crippen LogP contribution in [0.5, 0.6) is 11.5 Å². The second-order valence-corrected chi connectivity index (χ2v) is 10.3. The van der Waals surface area contributed by atoms with E-state index in [-0.39, 0.29) is 11.8 Å². The molecule has 0 aliphatic carbocycles. The van der Waals surface area contributed by atoms with Crippen LogP contribution in [0, 0.1) is 0 Å². The molecule has 0 bridgehead atoms. The van der Waals surface area contributed by atoms with E-state index in [1.165, 1.54) is 0 Å². The van der Waals surface area contributed by atoms with Crippen molar-refractivity contribution < 1.29 is 19.1 Å². The molecule has 0 spiro atoms. The number of anilines is 1. The topological polar surface area (TPSA) is 76.0 Å². The summed E-state index contributed by atoms with van der Waals surface area (Å²) in [7, 11) is 7.27. The van der Waals surface area contributed by atoms with Crippen molar-refractivity contribution in [3.8, 4) is 22.6 Å². The van der Waals surface area contributed by atoms with Crippen LogP contribution < -0.4 is 19.7 Å². The van der Waals surface area contributed by atoms with Gasteiger partial charge in [-0.15, -0.1) is 0 Å². The lowest BCUT2D eigenvalue weighted by molar-refractivity contribution is 0.0942. The number of para-hydroxylation sites is 2. The van der Waals surface area contributed by atoms with Gasteiger partial charge in [-0.25, -0.2) is 0 Å². The quantitative estimate of drug-likeness (QED) is 0.294. The number of benzene rings is 3.